The maximum atomic E-state index is 9.16. The van der Waals surface area contributed by atoms with E-state index in [1.807, 2.05) is 12.1 Å². The first-order valence-electron chi connectivity index (χ1n) is 5.12. The molecule has 0 spiro atoms. The van der Waals surface area contributed by atoms with Gasteiger partial charge in [-0.1, -0.05) is 13.8 Å². The normalized spacial score (nSPS) is 13.1. The van der Waals surface area contributed by atoms with Crippen molar-refractivity contribution in [1.82, 2.24) is 10.3 Å². The summed E-state index contributed by atoms with van der Waals surface area (Å²) >= 11 is 1.73. The van der Waals surface area contributed by atoms with E-state index in [-0.39, 0.29) is 12.6 Å². The summed E-state index contributed by atoms with van der Waals surface area (Å²) in [6.45, 7) is 4.34. The van der Waals surface area contributed by atoms with Crippen LogP contribution in [-0.2, 0) is 0 Å². The zero-order valence-corrected chi connectivity index (χ0v) is 10.00. The number of nitrogens with one attached hydrogen (secondary N) is 1. The van der Waals surface area contributed by atoms with Gasteiger partial charge in [-0.15, -0.1) is 11.8 Å². The number of thioether (sulfide) groups is 1. The molecule has 0 amide bonds. The molecule has 1 aromatic heterocycles. The van der Waals surface area contributed by atoms with Gasteiger partial charge in [0, 0.05) is 35.1 Å². The highest BCUT2D eigenvalue weighted by atomic mass is 32.2. The van der Waals surface area contributed by atoms with E-state index >= 15 is 0 Å². The lowest BCUT2D eigenvalue weighted by molar-refractivity contribution is 0.247. The standard InChI is InChI=1S/C11H18N2OS/c1-9(2)13-10(7-14)8-15-11-3-5-12-6-4-11/h3-6,9-10,13-14H,7-8H2,1-2H3. The van der Waals surface area contributed by atoms with Crippen molar-refractivity contribution in [3.05, 3.63) is 24.5 Å². The van der Waals surface area contributed by atoms with Crippen molar-refractivity contribution in [3.8, 4) is 0 Å². The molecule has 2 N–H and O–H groups in total. The summed E-state index contributed by atoms with van der Waals surface area (Å²) in [4.78, 5) is 5.15. The van der Waals surface area contributed by atoms with Crippen LogP contribution < -0.4 is 5.32 Å². The third kappa shape index (κ3) is 5.16. The van der Waals surface area contributed by atoms with Crippen LogP contribution in [0.3, 0.4) is 0 Å². The van der Waals surface area contributed by atoms with Crippen LogP contribution in [0.15, 0.2) is 29.4 Å². The topological polar surface area (TPSA) is 45.1 Å². The Kier molecular flexibility index (Phi) is 5.68. The predicted molar refractivity (Wildman–Crippen MR) is 64.1 cm³/mol. The smallest absolute Gasteiger partial charge is 0.0592 e. The Labute approximate surface area is 95.3 Å². The average molecular weight is 226 g/mol. The highest BCUT2D eigenvalue weighted by Crippen LogP contribution is 2.17. The second kappa shape index (κ2) is 6.82. The van der Waals surface area contributed by atoms with Gasteiger partial charge in [0.2, 0.25) is 0 Å². The lowest BCUT2D eigenvalue weighted by Gasteiger charge is -2.18. The molecule has 0 fully saturated rings. The van der Waals surface area contributed by atoms with Gasteiger partial charge in [-0.05, 0) is 12.1 Å². The first-order valence-corrected chi connectivity index (χ1v) is 6.10. The minimum absolute atomic E-state index is 0.156. The number of hydrogen-bond donors (Lipinski definition) is 2. The Morgan fingerprint density at radius 2 is 2.07 bits per heavy atom. The minimum Gasteiger partial charge on any atom is -0.395 e. The zero-order chi connectivity index (χ0) is 11.1. The van der Waals surface area contributed by atoms with Crippen molar-refractivity contribution >= 4 is 11.8 Å². The van der Waals surface area contributed by atoms with Crippen LogP contribution in [0.25, 0.3) is 0 Å². The van der Waals surface area contributed by atoms with Crippen molar-refractivity contribution in [2.75, 3.05) is 12.4 Å². The molecule has 1 rings (SSSR count). The number of aromatic nitrogens is 1. The monoisotopic (exact) mass is 226 g/mol. The van der Waals surface area contributed by atoms with E-state index < -0.39 is 0 Å². The van der Waals surface area contributed by atoms with Crippen LogP contribution in [0.4, 0.5) is 0 Å². The van der Waals surface area contributed by atoms with Crippen molar-refractivity contribution in [1.29, 1.82) is 0 Å². The molecule has 0 saturated carbocycles. The molecule has 0 bridgehead atoms. The highest BCUT2D eigenvalue weighted by molar-refractivity contribution is 7.99. The molecule has 0 aliphatic carbocycles. The van der Waals surface area contributed by atoms with E-state index in [0.717, 1.165) is 5.75 Å². The fourth-order valence-electron chi connectivity index (χ4n) is 1.26. The highest BCUT2D eigenvalue weighted by Gasteiger charge is 2.08. The summed E-state index contributed by atoms with van der Waals surface area (Å²) in [5, 5.41) is 12.5. The van der Waals surface area contributed by atoms with Crippen LogP contribution in [-0.4, -0.2) is 34.5 Å². The van der Waals surface area contributed by atoms with Crippen molar-refractivity contribution in [2.45, 2.75) is 30.8 Å². The largest absolute Gasteiger partial charge is 0.395 e. The van der Waals surface area contributed by atoms with Gasteiger partial charge >= 0.3 is 0 Å². The third-order valence-electron chi connectivity index (χ3n) is 1.89. The lowest BCUT2D eigenvalue weighted by atomic mass is 10.3. The maximum absolute atomic E-state index is 9.16. The van der Waals surface area contributed by atoms with Gasteiger partial charge < -0.3 is 10.4 Å². The Balaban J connectivity index is 2.34. The van der Waals surface area contributed by atoms with Crippen LogP contribution >= 0.6 is 11.8 Å². The van der Waals surface area contributed by atoms with E-state index in [1.165, 1.54) is 4.90 Å². The number of hydrogen-bond acceptors (Lipinski definition) is 4. The molecule has 1 aromatic rings. The van der Waals surface area contributed by atoms with Crippen LogP contribution in [0.5, 0.6) is 0 Å². The van der Waals surface area contributed by atoms with Crippen LogP contribution in [0.1, 0.15) is 13.8 Å². The zero-order valence-electron chi connectivity index (χ0n) is 9.18. The van der Waals surface area contributed by atoms with Gasteiger partial charge in [0.05, 0.1) is 6.61 Å². The minimum atomic E-state index is 0.156. The fraction of sp³-hybridized carbons (Fsp3) is 0.545. The summed E-state index contributed by atoms with van der Waals surface area (Å²) in [5.74, 6) is 0.874. The maximum Gasteiger partial charge on any atom is 0.0592 e. The Morgan fingerprint density at radius 1 is 1.40 bits per heavy atom. The molecule has 3 nitrogen and oxygen atoms in total. The van der Waals surface area contributed by atoms with Crippen LogP contribution in [0.2, 0.25) is 0 Å². The quantitative estimate of drug-likeness (QED) is 0.722. The summed E-state index contributed by atoms with van der Waals surface area (Å²) in [6, 6.07) is 4.52. The Bertz CT molecular complexity index is 267. The van der Waals surface area contributed by atoms with Gasteiger partial charge in [0.15, 0.2) is 0 Å². The van der Waals surface area contributed by atoms with Gasteiger partial charge in [-0.2, -0.15) is 0 Å². The summed E-state index contributed by atoms with van der Waals surface area (Å²) in [6.07, 6.45) is 3.57. The Morgan fingerprint density at radius 3 is 2.60 bits per heavy atom. The average Bonchev–Trinajstić information content (AvgIpc) is 2.25. The molecule has 0 aliphatic heterocycles. The molecule has 0 aliphatic rings. The first-order chi connectivity index (χ1) is 7.22. The van der Waals surface area contributed by atoms with E-state index in [0.29, 0.717) is 6.04 Å². The summed E-state index contributed by atoms with van der Waals surface area (Å²) < 4.78 is 0. The second-order valence-electron chi connectivity index (χ2n) is 3.69. The number of aliphatic hydroxyl groups is 1. The summed E-state index contributed by atoms with van der Waals surface area (Å²) in [5.41, 5.74) is 0. The lowest BCUT2D eigenvalue weighted by Crippen LogP contribution is -2.39. The first kappa shape index (κ1) is 12.5. The van der Waals surface area contributed by atoms with Gasteiger partial charge in [-0.25, -0.2) is 0 Å². The number of rotatable bonds is 6. The molecule has 0 aromatic carbocycles. The number of aliphatic hydroxyl groups excluding tert-OH is 1. The van der Waals surface area contributed by atoms with E-state index in [1.54, 1.807) is 24.2 Å². The van der Waals surface area contributed by atoms with E-state index in [9.17, 15) is 0 Å². The second-order valence-corrected chi connectivity index (χ2v) is 4.79. The number of pyridine rings is 1. The SMILES string of the molecule is CC(C)NC(CO)CSc1ccncc1. The molecular formula is C11H18N2OS. The molecule has 1 unspecified atom stereocenters. The number of nitrogens with zero attached hydrogens (tertiary/aromatic N) is 1. The van der Waals surface area contributed by atoms with Crippen molar-refractivity contribution in [3.63, 3.8) is 0 Å². The van der Waals surface area contributed by atoms with Gasteiger partial charge in [0.1, 0.15) is 0 Å². The van der Waals surface area contributed by atoms with E-state index in [4.69, 9.17) is 5.11 Å². The fourth-order valence-corrected chi connectivity index (χ4v) is 2.17. The molecule has 0 saturated heterocycles. The van der Waals surface area contributed by atoms with Crippen LogP contribution in [0, 0.1) is 0 Å². The molecule has 0 radical (unpaired) electrons. The summed E-state index contributed by atoms with van der Waals surface area (Å²) in [7, 11) is 0. The van der Waals surface area contributed by atoms with Crippen molar-refractivity contribution in [2.24, 2.45) is 0 Å². The molecule has 1 atom stereocenters. The van der Waals surface area contributed by atoms with Gasteiger partial charge in [0.25, 0.3) is 0 Å². The van der Waals surface area contributed by atoms with Crippen molar-refractivity contribution < 1.29 is 5.11 Å². The van der Waals surface area contributed by atoms with Gasteiger partial charge in [-0.3, -0.25) is 4.98 Å². The molecule has 4 heteroatoms. The van der Waals surface area contributed by atoms with E-state index in [2.05, 4.69) is 24.1 Å². The molecular weight excluding hydrogens is 208 g/mol. The predicted octanol–water partition coefficient (Wildman–Crippen LogP) is 1.53. The molecule has 84 valence electrons. The molecule has 15 heavy (non-hydrogen) atoms. The Hall–Kier alpha value is -0.580. The third-order valence-corrected chi connectivity index (χ3v) is 3.06. The molecule has 1 heterocycles.